The second-order valence-corrected chi connectivity index (χ2v) is 15.3. The van der Waals surface area contributed by atoms with Gasteiger partial charge in [0, 0.05) is 77.0 Å². The van der Waals surface area contributed by atoms with Crippen LogP contribution >= 0.6 is 0 Å². The van der Waals surface area contributed by atoms with Crippen LogP contribution in [0.5, 0.6) is 0 Å². The van der Waals surface area contributed by atoms with E-state index in [0.717, 1.165) is 6.29 Å². The summed E-state index contributed by atoms with van der Waals surface area (Å²) in [6.45, 7) is 3.21. The molecule has 62 heavy (non-hydrogen) atoms. The first-order valence-electron chi connectivity index (χ1n) is 21.8. The molecule has 0 saturated carbocycles. The van der Waals surface area contributed by atoms with E-state index >= 15 is 0 Å². The zero-order chi connectivity index (χ0) is 45.6. The predicted octanol–water partition coefficient (Wildman–Crippen LogP) is -3.38. The minimum Gasteiger partial charge on any atom is -0.394 e. The molecule has 0 aliphatic carbocycles. The molecule has 0 radical (unpaired) electrons. The number of nitrogens with one attached hydrogen (secondary N) is 5. The van der Waals surface area contributed by atoms with Crippen molar-refractivity contribution in [1.82, 2.24) is 26.6 Å². The van der Waals surface area contributed by atoms with Crippen LogP contribution in [-0.4, -0.2) is 201 Å². The zero-order valence-corrected chi connectivity index (χ0v) is 36.0. The fourth-order valence-corrected chi connectivity index (χ4v) is 6.88. The average Bonchev–Trinajstić information content (AvgIpc) is 3.25. The van der Waals surface area contributed by atoms with E-state index in [1.807, 2.05) is 6.92 Å². The molecule has 22 heteroatoms. The third-order valence-electron chi connectivity index (χ3n) is 10.4. The molecule has 2 rings (SSSR count). The highest BCUT2D eigenvalue weighted by molar-refractivity contribution is 5.78. The van der Waals surface area contributed by atoms with Gasteiger partial charge in [-0.2, -0.15) is 0 Å². The minimum atomic E-state index is -1.17. The summed E-state index contributed by atoms with van der Waals surface area (Å²) in [4.78, 5) is 60.9. The third-order valence-corrected chi connectivity index (χ3v) is 10.4. The van der Waals surface area contributed by atoms with Crippen LogP contribution in [0, 0.1) is 0 Å². The first-order chi connectivity index (χ1) is 29.9. The Labute approximate surface area is 363 Å². The molecule has 0 aromatic rings. The molecule has 22 nitrogen and oxygen atoms in total. The van der Waals surface area contributed by atoms with Crippen LogP contribution in [0.2, 0.25) is 0 Å². The lowest BCUT2D eigenvalue weighted by Gasteiger charge is -2.36. The molecule has 2 heterocycles. The minimum absolute atomic E-state index is 0.0914. The van der Waals surface area contributed by atoms with Crippen LogP contribution in [-0.2, 0) is 52.4 Å². The molecular weight excluding hydrogens is 822 g/mol. The number of aliphatic hydroxyl groups is 6. The van der Waals surface area contributed by atoms with E-state index in [1.165, 1.54) is 0 Å². The van der Waals surface area contributed by atoms with Crippen molar-refractivity contribution in [3.8, 4) is 0 Å². The zero-order valence-electron chi connectivity index (χ0n) is 36.0. The first-order valence-corrected chi connectivity index (χ1v) is 21.8. The third kappa shape index (κ3) is 23.1. The highest BCUT2D eigenvalue weighted by atomic mass is 16.7. The van der Waals surface area contributed by atoms with Gasteiger partial charge < -0.3 is 90.4 Å². The largest absolute Gasteiger partial charge is 0.394 e. The normalized spacial score (nSPS) is 24.8. The average molecular weight is 896 g/mol. The smallest absolute Gasteiger partial charge is 0.245 e. The summed E-state index contributed by atoms with van der Waals surface area (Å²) in [5.41, 5.74) is -0.636. The van der Waals surface area contributed by atoms with E-state index < -0.39 is 68.0 Å². The van der Waals surface area contributed by atoms with Crippen molar-refractivity contribution in [2.45, 2.75) is 139 Å². The van der Waals surface area contributed by atoms with Gasteiger partial charge in [0.1, 0.15) is 43.9 Å². The summed E-state index contributed by atoms with van der Waals surface area (Å²) in [5.74, 6) is -1.11. The Morgan fingerprint density at radius 1 is 0.629 bits per heavy atom. The van der Waals surface area contributed by atoms with Crippen molar-refractivity contribution >= 4 is 29.9 Å². The maximum absolute atomic E-state index is 12.7. The molecule has 0 aromatic heterocycles. The van der Waals surface area contributed by atoms with E-state index in [4.69, 9.17) is 28.4 Å². The second-order valence-electron chi connectivity index (χ2n) is 15.3. The van der Waals surface area contributed by atoms with Crippen LogP contribution in [0.3, 0.4) is 0 Å². The Bertz CT molecular complexity index is 1190. The van der Waals surface area contributed by atoms with Crippen LogP contribution in [0.15, 0.2) is 0 Å². The number of hydrogen-bond donors (Lipinski definition) is 11. The van der Waals surface area contributed by atoms with Gasteiger partial charge in [-0.05, 0) is 51.5 Å². The van der Waals surface area contributed by atoms with Crippen molar-refractivity contribution < 1.29 is 83.0 Å². The number of amides is 4. The van der Waals surface area contributed by atoms with E-state index in [2.05, 4.69) is 26.6 Å². The Kier molecular flexibility index (Phi) is 29.0. The fourth-order valence-electron chi connectivity index (χ4n) is 6.88. The van der Waals surface area contributed by atoms with Crippen LogP contribution in [0.25, 0.3) is 0 Å². The second kappa shape index (κ2) is 32.7. The predicted molar refractivity (Wildman–Crippen MR) is 219 cm³/mol. The number of ether oxygens (including phenoxy) is 6. The maximum atomic E-state index is 12.7. The number of aliphatic hydroxyl groups excluding tert-OH is 6. The molecule has 2 saturated heterocycles. The summed E-state index contributed by atoms with van der Waals surface area (Å²) >= 11 is 0. The highest BCUT2D eigenvalue weighted by Gasteiger charge is 2.38. The van der Waals surface area contributed by atoms with Gasteiger partial charge in [-0.15, -0.1) is 0 Å². The van der Waals surface area contributed by atoms with E-state index in [1.54, 1.807) is 0 Å². The van der Waals surface area contributed by atoms with Gasteiger partial charge in [0.05, 0.1) is 38.6 Å². The summed E-state index contributed by atoms with van der Waals surface area (Å²) in [7, 11) is 0. The van der Waals surface area contributed by atoms with E-state index in [0.29, 0.717) is 77.8 Å². The molecule has 2 fully saturated rings. The fraction of sp³-hybridized carbons (Fsp3) is 0.875. The van der Waals surface area contributed by atoms with Crippen molar-refractivity contribution in [2.75, 3.05) is 85.6 Å². The van der Waals surface area contributed by atoms with Gasteiger partial charge >= 0.3 is 0 Å². The molecule has 11 N–H and O–H groups in total. The molecule has 0 aromatic carbocycles. The molecule has 360 valence electrons. The summed E-state index contributed by atoms with van der Waals surface area (Å²) < 4.78 is 32.7. The van der Waals surface area contributed by atoms with Crippen molar-refractivity contribution in [2.24, 2.45) is 0 Å². The van der Waals surface area contributed by atoms with Gasteiger partial charge in [-0.3, -0.25) is 19.2 Å². The Balaban J connectivity index is 1.53. The maximum Gasteiger partial charge on any atom is 0.245 e. The topological polar surface area (TPSA) is 322 Å². The van der Waals surface area contributed by atoms with Gasteiger partial charge in [-0.1, -0.05) is 6.92 Å². The molecule has 8 unspecified atom stereocenters. The molecule has 2 aliphatic heterocycles. The number of rotatable bonds is 35. The SMILES string of the molecule is CCNC(CCC=O)(CCC(=O)NCCOCC(=O)NCCCCOC1CC(O)C(O)C(CO)O1)CCC(=O)NCCOCC(=O)NCCCCOC1CC(O)C(O)C(CO)O1. The standard InChI is InChI=1S/C40H73N5O17/c1-2-45-40(10-7-17-46,11-8-32(51)43-15-20-57-26-34(53)41-13-3-5-18-59-36-22-28(49)38(55)30(24-47)61-36)12-9-33(52)44-16-21-58-27-35(54)42-14-4-6-19-60-37-23-29(50)39(56)31(25-48)62-37/h17,28-31,36-39,45,47-50,55-56H,2-16,18-27H2,1H3,(H,41,53)(H,42,54)(H,43,51)(H,44,52). The van der Waals surface area contributed by atoms with Gasteiger partial charge in [0.2, 0.25) is 23.6 Å². The monoisotopic (exact) mass is 896 g/mol. The molecule has 0 spiro atoms. The molecule has 8 atom stereocenters. The van der Waals surface area contributed by atoms with Gasteiger partial charge in [-0.25, -0.2) is 0 Å². The Morgan fingerprint density at radius 2 is 1.06 bits per heavy atom. The summed E-state index contributed by atoms with van der Waals surface area (Å²) in [6, 6.07) is 0. The number of aldehydes is 1. The lowest BCUT2D eigenvalue weighted by molar-refractivity contribution is -0.257. The van der Waals surface area contributed by atoms with E-state index in [9.17, 15) is 54.6 Å². The van der Waals surface area contributed by atoms with Crippen LogP contribution < -0.4 is 26.6 Å². The quantitative estimate of drug-likeness (QED) is 0.0218. The van der Waals surface area contributed by atoms with Crippen molar-refractivity contribution in [3.05, 3.63) is 0 Å². The van der Waals surface area contributed by atoms with Gasteiger partial charge in [0.15, 0.2) is 12.6 Å². The summed E-state index contributed by atoms with van der Waals surface area (Å²) in [6.07, 6.45) is -2.59. The number of carbonyl (C=O) groups is 5. The molecule has 4 amide bonds. The Morgan fingerprint density at radius 3 is 1.47 bits per heavy atom. The lowest BCUT2D eigenvalue weighted by atomic mass is 9.83. The van der Waals surface area contributed by atoms with Crippen molar-refractivity contribution in [3.63, 3.8) is 0 Å². The highest BCUT2D eigenvalue weighted by Crippen LogP contribution is 2.26. The van der Waals surface area contributed by atoms with E-state index in [-0.39, 0.29) is 95.2 Å². The molecule has 0 bridgehead atoms. The lowest BCUT2D eigenvalue weighted by Crippen LogP contribution is -2.50. The number of hydrogen-bond acceptors (Lipinski definition) is 18. The summed E-state index contributed by atoms with van der Waals surface area (Å²) in [5, 5.41) is 72.2. The van der Waals surface area contributed by atoms with Gasteiger partial charge in [0.25, 0.3) is 0 Å². The van der Waals surface area contributed by atoms with Crippen LogP contribution in [0.4, 0.5) is 0 Å². The molecule has 2 aliphatic rings. The molecular formula is C40H73N5O17. The number of unbranched alkanes of at least 4 members (excludes halogenated alkanes) is 2. The first kappa shape index (κ1) is 55.2. The van der Waals surface area contributed by atoms with Crippen LogP contribution in [0.1, 0.15) is 84.0 Å². The van der Waals surface area contributed by atoms with Crippen molar-refractivity contribution in [1.29, 1.82) is 0 Å². The number of carbonyl (C=O) groups excluding carboxylic acids is 5. The Hall–Kier alpha value is -2.97.